The van der Waals surface area contributed by atoms with Crippen LogP contribution < -0.4 is 5.32 Å². The van der Waals surface area contributed by atoms with Crippen LogP contribution in [-0.2, 0) is 6.42 Å². The summed E-state index contributed by atoms with van der Waals surface area (Å²) in [7, 11) is 0. The van der Waals surface area contributed by atoms with Crippen LogP contribution >= 0.6 is 11.8 Å². The third-order valence-corrected chi connectivity index (χ3v) is 3.56. The van der Waals surface area contributed by atoms with Crippen LogP contribution in [0.15, 0.2) is 35.3 Å². The van der Waals surface area contributed by atoms with E-state index >= 15 is 0 Å². The topological polar surface area (TPSA) is 24.4 Å². The zero-order valence-corrected chi connectivity index (χ0v) is 10.5. The van der Waals surface area contributed by atoms with Crippen molar-refractivity contribution in [3.05, 3.63) is 35.9 Å². The maximum atomic E-state index is 4.48. The Morgan fingerprint density at radius 1 is 1.38 bits per heavy atom. The fourth-order valence-electron chi connectivity index (χ4n) is 1.78. The third kappa shape index (κ3) is 3.56. The molecule has 1 aromatic carbocycles. The first-order valence-electron chi connectivity index (χ1n) is 5.82. The first-order chi connectivity index (χ1) is 7.84. The van der Waals surface area contributed by atoms with Gasteiger partial charge in [-0.15, -0.1) is 0 Å². The van der Waals surface area contributed by atoms with Gasteiger partial charge in [-0.2, -0.15) is 0 Å². The summed E-state index contributed by atoms with van der Waals surface area (Å²) in [5, 5.41) is 4.60. The molecule has 2 rings (SSSR count). The van der Waals surface area contributed by atoms with Gasteiger partial charge in [0.2, 0.25) is 0 Å². The fourth-order valence-corrected chi connectivity index (χ4v) is 2.71. The minimum atomic E-state index is 0.451. The van der Waals surface area contributed by atoms with Gasteiger partial charge in [0.25, 0.3) is 0 Å². The molecule has 0 saturated heterocycles. The minimum Gasteiger partial charge on any atom is -0.362 e. The molecule has 0 aromatic heterocycles. The number of hydrogen-bond acceptors (Lipinski definition) is 3. The van der Waals surface area contributed by atoms with Gasteiger partial charge in [-0.25, -0.2) is 0 Å². The van der Waals surface area contributed by atoms with E-state index in [1.165, 1.54) is 17.7 Å². The molecule has 1 N–H and O–H groups in total. The maximum Gasteiger partial charge on any atom is 0.156 e. The lowest BCUT2D eigenvalue weighted by Crippen LogP contribution is -2.33. The molecule has 2 nitrogen and oxygen atoms in total. The molecule has 0 amide bonds. The van der Waals surface area contributed by atoms with E-state index in [1.54, 1.807) is 0 Å². The molecular formula is C13H18N2S. The number of nitrogens with zero attached hydrogens (tertiary/aromatic N) is 1. The Labute approximate surface area is 102 Å². The Morgan fingerprint density at radius 2 is 2.19 bits per heavy atom. The van der Waals surface area contributed by atoms with Crippen LogP contribution in [0.3, 0.4) is 0 Å². The number of aliphatic imine (C=N–C) groups is 1. The highest BCUT2D eigenvalue weighted by Gasteiger charge is 2.09. The number of thioether (sulfide) groups is 1. The van der Waals surface area contributed by atoms with E-state index < -0.39 is 0 Å². The molecule has 0 aliphatic carbocycles. The lowest BCUT2D eigenvalue weighted by molar-refractivity contribution is 0.662. The molecule has 1 heterocycles. The van der Waals surface area contributed by atoms with Gasteiger partial charge in [-0.05, 0) is 25.3 Å². The van der Waals surface area contributed by atoms with E-state index in [2.05, 4.69) is 47.6 Å². The zero-order valence-electron chi connectivity index (χ0n) is 9.65. The van der Waals surface area contributed by atoms with Crippen LogP contribution in [0.4, 0.5) is 0 Å². The normalized spacial score (nSPS) is 17.7. The van der Waals surface area contributed by atoms with Crippen molar-refractivity contribution in [2.45, 2.75) is 25.8 Å². The highest BCUT2D eigenvalue weighted by atomic mass is 32.2. The standard InChI is InChI=1S/C13H18N2S/c1-11(10-12-6-3-2-4-7-12)15-13-14-8-5-9-16-13/h2-4,6-7,11H,5,8-10H2,1H3,(H,14,15). The average molecular weight is 234 g/mol. The maximum absolute atomic E-state index is 4.48. The van der Waals surface area contributed by atoms with Crippen LogP contribution in [0.25, 0.3) is 0 Å². The molecule has 0 bridgehead atoms. The van der Waals surface area contributed by atoms with Crippen molar-refractivity contribution in [3.8, 4) is 0 Å². The van der Waals surface area contributed by atoms with Crippen molar-refractivity contribution in [2.75, 3.05) is 12.3 Å². The van der Waals surface area contributed by atoms with Crippen molar-refractivity contribution in [1.82, 2.24) is 5.32 Å². The van der Waals surface area contributed by atoms with Gasteiger partial charge in [0.05, 0.1) is 0 Å². The van der Waals surface area contributed by atoms with Crippen molar-refractivity contribution < 1.29 is 0 Å². The predicted molar refractivity (Wildman–Crippen MR) is 72.1 cm³/mol. The number of hydrogen-bond donors (Lipinski definition) is 1. The van der Waals surface area contributed by atoms with Crippen molar-refractivity contribution in [1.29, 1.82) is 0 Å². The highest BCUT2D eigenvalue weighted by molar-refractivity contribution is 8.13. The summed E-state index contributed by atoms with van der Waals surface area (Å²) in [6, 6.07) is 11.0. The monoisotopic (exact) mass is 234 g/mol. The lowest BCUT2D eigenvalue weighted by atomic mass is 10.1. The molecule has 0 spiro atoms. The van der Waals surface area contributed by atoms with Crippen LogP contribution in [0, 0.1) is 0 Å². The molecular weight excluding hydrogens is 216 g/mol. The summed E-state index contributed by atoms with van der Waals surface area (Å²) in [5.74, 6) is 1.20. The highest BCUT2D eigenvalue weighted by Crippen LogP contribution is 2.11. The van der Waals surface area contributed by atoms with Gasteiger partial charge < -0.3 is 5.32 Å². The van der Waals surface area contributed by atoms with E-state index in [0.717, 1.165) is 18.1 Å². The molecule has 0 saturated carbocycles. The molecule has 1 aliphatic heterocycles. The van der Waals surface area contributed by atoms with Gasteiger partial charge in [0.1, 0.15) is 0 Å². The van der Waals surface area contributed by atoms with E-state index in [0.29, 0.717) is 6.04 Å². The van der Waals surface area contributed by atoms with Gasteiger partial charge >= 0.3 is 0 Å². The van der Waals surface area contributed by atoms with Gasteiger partial charge in [-0.3, -0.25) is 4.99 Å². The molecule has 3 heteroatoms. The quantitative estimate of drug-likeness (QED) is 0.869. The van der Waals surface area contributed by atoms with Gasteiger partial charge in [-0.1, -0.05) is 42.1 Å². The minimum absolute atomic E-state index is 0.451. The second kappa shape index (κ2) is 5.94. The molecule has 86 valence electrons. The lowest BCUT2D eigenvalue weighted by Gasteiger charge is -2.18. The molecule has 1 aliphatic rings. The van der Waals surface area contributed by atoms with Gasteiger partial charge in [0, 0.05) is 18.3 Å². The summed E-state index contributed by atoms with van der Waals surface area (Å²) in [6.07, 6.45) is 2.27. The van der Waals surface area contributed by atoms with Crippen LogP contribution in [0.2, 0.25) is 0 Å². The number of rotatable bonds is 3. The predicted octanol–water partition coefficient (Wildman–Crippen LogP) is 2.70. The van der Waals surface area contributed by atoms with Crippen molar-refractivity contribution >= 4 is 16.9 Å². The van der Waals surface area contributed by atoms with Crippen molar-refractivity contribution in [2.24, 2.45) is 4.99 Å². The zero-order chi connectivity index (χ0) is 11.2. The molecule has 0 fully saturated rings. The SMILES string of the molecule is CC(Cc1ccccc1)NC1=NCCCS1. The van der Waals surface area contributed by atoms with Crippen molar-refractivity contribution in [3.63, 3.8) is 0 Å². The van der Waals surface area contributed by atoms with E-state index in [4.69, 9.17) is 0 Å². The summed E-state index contributed by atoms with van der Waals surface area (Å²) in [6.45, 7) is 3.19. The largest absolute Gasteiger partial charge is 0.362 e. The summed E-state index contributed by atoms with van der Waals surface area (Å²) in [5.41, 5.74) is 1.38. The first kappa shape index (κ1) is 11.5. The second-order valence-corrected chi connectivity index (χ2v) is 5.21. The Balaban J connectivity index is 1.84. The third-order valence-electron chi connectivity index (χ3n) is 2.55. The summed E-state index contributed by atoms with van der Waals surface area (Å²) < 4.78 is 0. The molecule has 1 atom stereocenters. The molecule has 16 heavy (non-hydrogen) atoms. The Hall–Kier alpha value is -0.960. The summed E-state index contributed by atoms with van der Waals surface area (Å²) >= 11 is 1.84. The Kier molecular flexibility index (Phi) is 4.28. The Bertz CT molecular complexity index is 348. The second-order valence-electron chi connectivity index (χ2n) is 4.12. The van der Waals surface area contributed by atoms with Crippen LogP contribution in [-0.4, -0.2) is 23.5 Å². The number of amidine groups is 1. The first-order valence-corrected chi connectivity index (χ1v) is 6.81. The summed E-state index contributed by atoms with van der Waals surface area (Å²) in [4.78, 5) is 4.48. The van der Waals surface area contributed by atoms with E-state index in [1.807, 2.05) is 11.8 Å². The average Bonchev–Trinajstić information content (AvgIpc) is 2.31. The van der Waals surface area contributed by atoms with Crippen LogP contribution in [0.5, 0.6) is 0 Å². The van der Waals surface area contributed by atoms with E-state index in [9.17, 15) is 0 Å². The fraction of sp³-hybridized carbons (Fsp3) is 0.462. The van der Waals surface area contributed by atoms with Crippen LogP contribution in [0.1, 0.15) is 18.9 Å². The molecule has 1 aromatic rings. The van der Waals surface area contributed by atoms with E-state index in [-0.39, 0.29) is 0 Å². The van der Waals surface area contributed by atoms with Gasteiger partial charge in [0.15, 0.2) is 5.17 Å². The smallest absolute Gasteiger partial charge is 0.156 e. The molecule has 1 unspecified atom stereocenters. The Morgan fingerprint density at radius 3 is 2.88 bits per heavy atom. The number of benzene rings is 1. The molecule has 0 radical (unpaired) electrons. The number of nitrogens with one attached hydrogen (secondary N) is 1.